The summed E-state index contributed by atoms with van der Waals surface area (Å²) in [5.74, 6) is 2.26. The van der Waals surface area contributed by atoms with Crippen molar-refractivity contribution in [2.45, 2.75) is 109 Å². The van der Waals surface area contributed by atoms with Crippen LogP contribution in [-0.4, -0.2) is 57.9 Å². The zero-order valence-corrected chi connectivity index (χ0v) is 19.0. The van der Waals surface area contributed by atoms with E-state index in [1.165, 1.54) is 5.57 Å². The van der Waals surface area contributed by atoms with Crippen molar-refractivity contribution in [2.75, 3.05) is 0 Å². The van der Waals surface area contributed by atoms with E-state index in [2.05, 4.69) is 19.9 Å². The Morgan fingerprint density at radius 2 is 1.71 bits per heavy atom. The topological polar surface area (TPSA) is 96.2 Å². The number of carbonyl (C=O) groups is 1. The van der Waals surface area contributed by atoms with Gasteiger partial charge in [0.25, 0.3) is 0 Å². The normalized spacial score (nSPS) is 54.6. The Kier molecular flexibility index (Phi) is 5.42. The number of hydrogen-bond donors (Lipinski definition) is 3. The van der Waals surface area contributed by atoms with Gasteiger partial charge in [-0.25, -0.2) is 0 Å². The number of carbonyl (C=O) groups excluding carboxylic acids is 1. The summed E-state index contributed by atoms with van der Waals surface area (Å²) in [6, 6.07) is 0. The molecule has 1 saturated heterocycles. The third-order valence-electron chi connectivity index (χ3n) is 9.90. The molecule has 0 aromatic heterocycles. The minimum Gasteiger partial charge on any atom is -0.388 e. The Morgan fingerprint density at radius 3 is 2.48 bits per heavy atom. The zero-order chi connectivity index (χ0) is 22.1. The van der Waals surface area contributed by atoms with Gasteiger partial charge in [-0.05, 0) is 75.0 Å². The second-order valence-corrected chi connectivity index (χ2v) is 11.4. The van der Waals surface area contributed by atoms with Crippen LogP contribution in [0.3, 0.4) is 0 Å². The molecule has 31 heavy (non-hydrogen) atoms. The number of allylic oxidation sites excluding steroid dienone is 1. The average Bonchev–Trinajstić information content (AvgIpc) is 3.05. The number of rotatable bonds is 2. The summed E-state index contributed by atoms with van der Waals surface area (Å²) in [6.45, 7) is 6.32. The summed E-state index contributed by atoms with van der Waals surface area (Å²) in [4.78, 5) is 12.6. The summed E-state index contributed by atoms with van der Waals surface area (Å²) in [7, 11) is 0. The van der Waals surface area contributed by atoms with Gasteiger partial charge in [-0.15, -0.1) is 0 Å². The molecule has 0 radical (unpaired) electrons. The van der Waals surface area contributed by atoms with Crippen molar-refractivity contribution in [3.05, 3.63) is 11.6 Å². The van der Waals surface area contributed by atoms with Crippen molar-refractivity contribution >= 4 is 5.78 Å². The number of ketones is 1. The molecule has 0 aromatic carbocycles. The van der Waals surface area contributed by atoms with E-state index in [9.17, 15) is 20.1 Å². The van der Waals surface area contributed by atoms with Crippen LogP contribution in [0.15, 0.2) is 11.6 Å². The van der Waals surface area contributed by atoms with Gasteiger partial charge in [-0.1, -0.05) is 25.5 Å². The van der Waals surface area contributed by atoms with Gasteiger partial charge >= 0.3 is 0 Å². The highest BCUT2D eigenvalue weighted by molar-refractivity contribution is 5.87. The van der Waals surface area contributed by atoms with Gasteiger partial charge in [-0.2, -0.15) is 0 Å². The molecule has 3 N–H and O–H groups in total. The zero-order valence-electron chi connectivity index (χ0n) is 19.0. The van der Waals surface area contributed by atoms with Gasteiger partial charge in [0, 0.05) is 11.8 Å². The summed E-state index contributed by atoms with van der Waals surface area (Å²) in [6.07, 6.45) is 5.01. The number of ether oxygens (including phenoxy) is 2. The SMILES string of the molecule is C[C@@H]1O[C@@H](O[C@H]2CC[C@@]3(C)C(=CC[C@@H]4[C@@H]3CC[C@]3(C)C(=O)CC[C@@H]43)C2)[C@H](O)[C@H](O)[C@H]1O. The molecule has 0 bridgehead atoms. The molecule has 0 unspecified atom stereocenters. The lowest BCUT2D eigenvalue weighted by Crippen LogP contribution is -2.58. The lowest BCUT2D eigenvalue weighted by Gasteiger charge is -2.57. The molecule has 0 aromatic rings. The van der Waals surface area contributed by atoms with Crippen LogP contribution in [0.4, 0.5) is 0 Å². The Hall–Kier alpha value is -0.790. The summed E-state index contributed by atoms with van der Waals surface area (Å²) in [5.41, 5.74) is 1.52. The average molecular weight is 435 g/mol. The highest BCUT2D eigenvalue weighted by Crippen LogP contribution is 2.64. The molecule has 0 spiro atoms. The predicted octanol–water partition coefficient (Wildman–Crippen LogP) is 2.73. The second-order valence-electron chi connectivity index (χ2n) is 11.4. The third kappa shape index (κ3) is 3.28. The van der Waals surface area contributed by atoms with E-state index in [1.54, 1.807) is 6.92 Å². The Morgan fingerprint density at radius 1 is 1.00 bits per heavy atom. The van der Waals surface area contributed by atoms with Gasteiger partial charge in [0.15, 0.2) is 6.29 Å². The van der Waals surface area contributed by atoms with Crippen molar-refractivity contribution in [3.8, 4) is 0 Å². The first-order valence-electron chi connectivity index (χ1n) is 12.2. The maximum atomic E-state index is 12.6. The largest absolute Gasteiger partial charge is 0.388 e. The van der Waals surface area contributed by atoms with Crippen LogP contribution >= 0.6 is 0 Å². The van der Waals surface area contributed by atoms with Crippen LogP contribution in [0.2, 0.25) is 0 Å². The van der Waals surface area contributed by atoms with E-state index >= 15 is 0 Å². The molecule has 5 rings (SSSR count). The number of fused-ring (bicyclic) bond motifs is 5. The Labute approximate surface area is 185 Å². The second kappa shape index (κ2) is 7.63. The summed E-state index contributed by atoms with van der Waals surface area (Å²) in [5, 5.41) is 30.3. The number of hydrogen-bond acceptors (Lipinski definition) is 6. The van der Waals surface area contributed by atoms with E-state index in [1.807, 2.05) is 0 Å². The van der Waals surface area contributed by atoms with E-state index in [-0.39, 0.29) is 16.9 Å². The molecular weight excluding hydrogens is 396 g/mol. The van der Waals surface area contributed by atoms with E-state index in [0.717, 1.165) is 51.4 Å². The first kappa shape index (κ1) is 22.0. The molecular formula is C25H38O6. The van der Waals surface area contributed by atoms with Crippen molar-refractivity contribution in [3.63, 3.8) is 0 Å². The number of Topliss-reactive ketones (excluding diaryl/α,β-unsaturated/α-hetero) is 1. The van der Waals surface area contributed by atoms with Crippen LogP contribution < -0.4 is 0 Å². The van der Waals surface area contributed by atoms with Gasteiger partial charge in [-0.3, -0.25) is 4.79 Å². The highest BCUT2D eigenvalue weighted by Gasteiger charge is 2.58. The molecule has 1 heterocycles. The fraction of sp³-hybridized carbons (Fsp3) is 0.880. The van der Waals surface area contributed by atoms with Crippen LogP contribution in [0.25, 0.3) is 0 Å². The Bertz CT molecular complexity index is 765. The van der Waals surface area contributed by atoms with Crippen molar-refractivity contribution in [1.29, 1.82) is 0 Å². The molecule has 0 amide bonds. The highest BCUT2D eigenvalue weighted by atomic mass is 16.7. The lowest BCUT2D eigenvalue weighted by molar-refractivity contribution is -0.305. The first-order chi connectivity index (χ1) is 14.6. The Balaban J connectivity index is 1.30. The molecule has 174 valence electrons. The van der Waals surface area contributed by atoms with Crippen LogP contribution in [0.5, 0.6) is 0 Å². The molecule has 4 fully saturated rings. The minimum atomic E-state index is -1.26. The van der Waals surface area contributed by atoms with Crippen molar-refractivity contribution in [1.82, 2.24) is 0 Å². The molecule has 6 heteroatoms. The van der Waals surface area contributed by atoms with Crippen LogP contribution in [0, 0.1) is 28.6 Å². The van der Waals surface area contributed by atoms with Gasteiger partial charge in [0.1, 0.15) is 24.1 Å². The summed E-state index contributed by atoms with van der Waals surface area (Å²) >= 11 is 0. The lowest BCUT2D eigenvalue weighted by atomic mass is 9.48. The predicted molar refractivity (Wildman–Crippen MR) is 114 cm³/mol. The molecule has 4 aliphatic carbocycles. The summed E-state index contributed by atoms with van der Waals surface area (Å²) < 4.78 is 11.8. The number of aliphatic hydroxyl groups excluding tert-OH is 3. The standard InChI is InChI=1S/C25H38O6/c1-13-20(27)21(28)22(29)23(30-13)31-15-8-10-24(2)14(12-15)4-5-16-17-6-7-19(26)25(17,3)11-9-18(16)24/h4,13,15-18,20-23,27-29H,5-12H2,1-3H3/t13-,15-,16-,17-,18-,20-,21+,22+,23-,24-,25-/m0/s1. The maximum Gasteiger partial charge on any atom is 0.186 e. The van der Waals surface area contributed by atoms with Crippen LogP contribution in [0.1, 0.15) is 72.1 Å². The molecule has 6 nitrogen and oxygen atoms in total. The molecule has 3 saturated carbocycles. The van der Waals surface area contributed by atoms with Crippen LogP contribution in [-0.2, 0) is 14.3 Å². The molecule has 5 aliphatic rings. The number of aliphatic hydroxyl groups is 3. The molecule has 1 aliphatic heterocycles. The van der Waals surface area contributed by atoms with E-state index in [4.69, 9.17) is 9.47 Å². The van der Waals surface area contributed by atoms with E-state index in [0.29, 0.717) is 23.5 Å². The fourth-order valence-electron chi connectivity index (χ4n) is 7.83. The maximum absolute atomic E-state index is 12.6. The van der Waals surface area contributed by atoms with Crippen molar-refractivity contribution in [2.24, 2.45) is 28.6 Å². The molecule has 11 atom stereocenters. The van der Waals surface area contributed by atoms with Gasteiger partial charge in [0.05, 0.1) is 12.2 Å². The third-order valence-corrected chi connectivity index (χ3v) is 9.90. The van der Waals surface area contributed by atoms with Gasteiger partial charge < -0.3 is 24.8 Å². The van der Waals surface area contributed by atoms with E-state index < -0.39 is 30.7 Å². The monoisotopic (exact) mass is 434 g/mol. The fourth-order valence-corrected chi connectivity index (χ4v) is 7.83. The minimum absolute atomic E-state index is 0.0629. The van der Waals surface area contributed by atoms with Gasteiger partial charge in [0.2, 0.25) is 0 Å². The smallest absolute Gasteiger partial charge is 0.186 e. The first-order valence-corrected chi connectivity index (χ1v) is 12.2. The quantitative estimate of drug-likeness (QED) is 0.579. The van der Waals surface area contributed by atoms with Crippen molar-refractivity contribution < 1.29 is 29.6 Å².